The Morgan fingerprint density at radius 1 is 1.53 bits per heavy atom. The molecule has 2 aromatic heterocycles. The van der Waals surface area contributed by atoms with Crippen molar-refractivity contribution in [2.45, 2.75) is 20.0 Å². The molecule has 1 amide bonds. The molecule has 0 aliphatic heterocycles. The lowest BCUT2D eigenvalue weighted by molar-refractivity contribution is 0.0830. The molecular formula is C13H16N2O3S. The van der Waals surface area contributed by atoms with E-state index in [9.17, 15) is 4.79 Å². The van der Waals surface area contributed by atoms with Gasteiger partial charge >= 0.3 is 0 Å². The van der Waals surface area contributed by atoms with Gasteiger partial charge in [-0.15, -0.1) is 11.3 Å². The van der Waals surface area contributed by atoms with Gasteiger partial charge in [-0.05, 0) is 26.0 Å². The van der Waals surface area contributed by atoms with Crippen LogP contribution in [0.4, 0.5) is 0 Å². The summed E-state index contributed by atoms with van der Waals surface area (Å²) < 4.78 is 10.3. The van der Waals surface area contributed by atoms with E-state index in [0.29, 0.717) is 12.3 Å². The number of amides is 1. The van der Waals surface area contributed by atoms with Crippen molar-refractivity contribution in [3.63, 3.8) is 0 Å². The summed E-state index contributed by atoms with van der Waals surface area (Å²) in [7, 11) is 1.63. The molecule has 102 valence electrons. The first-order chi connectivity index (χ1) is 9.10. The van der Waals surface area contributed by atoms with Crippen LogP contribution < -0.4 is 5.32 Å². The van der Waals surface area contributed by atoms with Crippen LogP contribution in [-0.4, -0.2) is 24.7 Å². The van der Waals surface area contributed by atoms with Crippen molar-refractivity contribution < 1.29 is 14.1 Å². The largest absolute Gasteiger partial charge is 0.374 e. The molecule has 2 aromatic rings. The molecule has 0 fully saturated rings. The zero-order chi connectivity index (χ0) is 13.8. The molecular weight excluding hydrogens is 264 g/mol. The lowest BCUT2D eigenvalue weighted by Gasteiger charge is -2.13. The molecule has 6 heteroatoms. The number of aryl methyl sites for hydroxylation is 2. The summed E-state index contributed by atoms with van der Waals surface area (Å²) in [5, 5.41) is 6.46. The zero-order valence-corrected chi connectivity index (χ0v) is 11.9. The third-order valence-corrected chi connectivity index (χ3v) is 3.76. The van der Waals surface area contributed by atoms with Crippen LogP contribution in [0.25, 0.3) is 0 Å². The van der Waals surface area contributed by atoms with Gasteiger partial charge in [0.1, 0.15) is 11.9 Å². The predicted octanol–water partition coefficient (Wildman–Crippen LogP) is 2.47. The van der Waals surface area contributed by atoms with Crippen LogP contribution in [0.3, 0.4) is 0 Å². The summed E-state index contributed by atoms with van der Waals surface area (Å²) in [6, 6.07) is 5.65. The normalized spacial score (nSPS) is 12.4. The van der Waals surface area contributed by atoms with E-state index in [-0.39, 0.29) is 17.7 Å². The van der Waals surface area contributed by atoms with Crippen molar-refractivity contribution in [1.29, 1.82) is 0 Å². The number of carbonyl (C=O) groups excluding carboxylic acids is 1. The van der Waals surface area contributed by atoms with E-state index in [1.54, 1.807) is 31.4 Å². The fourth-order valence-corrected chi connectivity index (χ4v) is 2.63. The Labute approximate surface area is 115 Å². The van der Waals surface area contributed by atoms with E-state index in [1.807, 2.05) is 19.1 Å². The van der Waals surface area contributed by atoms with Gasteiger partial charge in [0.2, 0.25) is 0 Å². The summed E-state index contributed by atoms with van der Waals surface area (Å²) >= 11 is 1.66. The van der Waals surface area contributed by atoms with Crippen LogP contribution in [0.1, 0.15) is 32.1 Å². The standard InChI is InChI=1S/C13H16N2O3S/c1-8-6-10(15-18-8)13(16)14-7-11(17-3)12-5-4-9(2)19-12/h4-6,11H,7H2,1-3H3,(H,14,16)/t11-/m1/s1. The van der Waals surface area contributed by atoms with Gasteiger partial charge in [-0.2, -0.15) is 0 Å². The molecule has 0 radical (unpaired) electrons. The molecule has 0 aromatic carbocycles. The fraction of sp³-hybridized carbons (Fsp3) is 0.385. The van der Waals surface area contributed by atoms with Crippen molar-refractivity contribution in [3.05, 3.63) is 39.4 Å². The third kappa shape index (κ3) is 3.42. The number of thiophene rings is 1. The van der Waals surface area contributed by atoms with Gasteiger partial charge in [0, 0.05) is 29.5 Å². The maximum absolute atomic E-state index is 11.8. The molecule has 0 aliphatic carbocycles. The first kappa shape index (κ1) is 13.8. The fourth-order valence-electron chi connectivity index (χ4n) is 1.68. The zero-order valence-electron chi connectivity index (χ0n) is 11.1. The van der Waals surface area contributed by atoms with Gasteiger partial charge in [0.15, 0.2) is 5.69 Å². The van der Waals surface area contributed by atoms with Crippen LogP contribution in [0, 0.1) is 13.8 Å². The molecule has 0 spiro atoms. The number of methoxy groups -OCH3 is 1. The number of hydrogen-bond donors (Lipinski definition) is 1. The Morgan fingerprint density at radius 3 is 2.84 bits per heavy atom. The average Bonchev–Trinajstić information content (AvgIpc) is 2.99. The second-order valence-corrected chi connectivity index (χ2v) is 5.53. The maximum Gasteiger partial charge on any atom is 0.273 e. The van der Waals surface area contributed by atoms with Crippen molar-refractivity contribution in [2.75, 3.05) is 13.7 Å². The van der Waals surface area contributed by atoms with Crippen molar-refractivity contribution >= 4 is 17.2 Å². The van der Waals surface area contributed by atoms with Gasteiger partial charge in [0.25, 0.3) is 5.91 Å². The Bertz CT molecular complexity index is 562. The second-order valence-electron chi connectivity index (χ2n) is 4.21. The minimum atomic E-state index is -0.257. The molecule has 2 rings (SSSR count). The van der Waals surface area contributed by atoms with Crippen molar-refractivity contribution in [2.24, 2.45) is 0 Å². The summed E-state index contributed by atoms with van der Waals surface area (Å²) in [6.07, 6.45) is -0.143. The molecule has 0 unspecified atom stereocenters. The first-order valence-corrected chi connectivity index (χ1v) is 6.72. The van der Waals surface area contributed by atoms with E-state index in [2.05, 4.69) is 10.5 Å². The van der Waals surface area contributed by atoms with E-state index < -0.39 is 0 Å². The lowest BCUT2D eigenvalue weighted by atomic mass is 10.2. The second kappa shape index (κ2) is 5.99. The molecule has 2 heterocycles. The Hall–Kier alpha value is -1.66. The van der Waals surface area contributed by atoms with E-state index >= 15 is 0 Å². The van der Waals surface area contributed by atoms with Crippen LogP contribution in [0.15, 0.2) is 22.7 Å². The van der Waals surface area contributed by atoms with Crippen LogP contribution >= 0.6 is 11.3 Å². The Kier molecular flexibility index (Phi) is 4.34. The summed E-state index contributed by atoms with van der Waals surface area (Å²) in [5.41, 5.74) is 0.287. The number of hydrogen-bond acceptors (Lipinski definition) is 5. The van der Waals surface area contributed by atoms with Crippen molar-refractivity contribution in [3.8, 4) is 0 Å². The monoisotopic (exact) mass is 280 g/mol. The summed E-state index contributed by atoms with van der Waals surface area (Å²) in [6.45, 7) is 4.19. The smallest absolute Gasteiger partial charge is 0.273 e. The number of aromatic nitrogens is 1. The minimum Gasteiger partial charge on any atom is -0.374 e. The maximum atomic E-state index is 11.8. The average molecular weight is 280 g/mol. The van der Waals surface area contributed by atoms with Crippen LogP contribution in [-0.2, 0) is 4.74 Å². The molecule has 0 bridgehead atoms. The lowest BCUT2D eigenvalue weighted by Crippen LogP contribution is -2.29. The number of rotatable bonds is 5. The Balaban J connectivity index is 1.95. The first-order valence-electron chi connectivity index (χ1n) is 5.91. The number of carbonyl (C=O) groups is 1. The minimum absolute atomic E-state index is 0.143. The highest BCUT2D eigenvalue weighted by Crippen LogP contribution is 2.24. The SMILES string of the molecule is CO[C@H](CNC(=O)c1cc(C)on1)c1ccc(C)s1. The van der Waals surface area contributed by atoms with Gasteiger partial charge < -0.3 is 14.6 Å². The highest BCUT2D eigenvalue weighted by Gasteiger charge is 2.16. The molecule has 19 heavy (non-hydrogen) atoms. The molecule has 0 saturated heterocycles. The van der Waals surface area contributed by atoms with Crippen molar-refractivity contribution in [1.82, 2.24) is 10.5 Å². The van der Waals surface area contributed by atoms with Gasteiger partial charge in [-0.3, -0.25) is 4.79 Å². The van der Waals surface area contributed by atoms with Crippen LogP contribution in [0.2, 0.25) is 0 Å². The van der Waals surface area contributed by atoms with Gasteiger partial charge in [0.05, 0.1) is 0 Å². The highest BCUT2D eigenvalue weighted by atomic mass is 32.1. The summed E-state index contributed by atoms with van der Waals surface area (Å²) in [5.74, 6) is 0.356. The predicted molar refractivity (Wildman–Crippen MR) is 72.4 cm³/mol. The van der Waals surface area contributed by atoms with Crippen LogP contribution in [0.5, 0.6) is 0 Å². The quantitative estimate of drug-likeness (QED) is 0.913. The third-order valence-electron chi connectivity index (χ3n) is 2.67. The molecule has 1 atom stereocenters. The number of nitrogens with one attached hydrogen (secondary N) is 1. The molecule has 5 nitrogen and oxygen atoms in total. The molecule has 0 saturated carbocycles. The van der Waals surface area contributed by atoms with Gasteiger partial charge in [-0.25, -0.2) is 0 Å². The Morgan fingerprint density at radius 2 is 2.32 bits per heavy atom. The molecule has 0 aliphatic rings. The van der Waals surface area contributed by atoms with Gasteiger partial charge in [-0.1, -0.05) is 5.16 Å². The highest BCUT2D eigenvalue weighted by molar-refractivity contribution is 7.12. The molecule has 1 N–H and O–H groups in total. The summed E-state index contributed by atoms with van der Waals surface area (Å²) in [4.78, 5) is 14.1. The van der Waals surface area contributed by atoms with E-state index in [4.69, 9.17) is 9.26 Å². The number of ether oxygens (including phenoxy) is 1. The number of nitrogens with zero attached hydrogens (tertiary/aromatic N) is 1. The topological polar surface area (TPSA) is 64.4 Å². The van der Waals surface area contributed by atoms with E-state index in [1.165, 1.54) is 4.88 Å². The van der Waals surface area contributed by atoms with E-state index in [0.717, 1.165) is 4.88 Å².